The quantitative estimate of drug-likeness (QED) is 0.230. The van der Waals surface area contributed by atoms with Crippen LogP contribution in [0.25, 0.3) is 11.4 Å². The number of amidine groups is 1. The molecule has 0 atom stereocenters. The van der Waals surface area contributed by atoms with E-state index in [-0.39, 0.29) is 5.84 Å². The van der Waals surface area contributed by atoms with Gasteiger partial charge < -0.3 is 10.7 Å². The lowest BCUT2D eigenvalue weighted by molar-refractivity contribution is 1.25. The number of halogens is 2. The molecule has 6 heteroatoms. The molecular formula is C19H20I2N4. The Balaban J connectivity index is 0.000000186. The van der Waals surface area contributed by atoms with Crippen molar-refractivity contribution >= 4 is 51.0 Å². The Bertz CT molecular complexity index is 900. The molecule has 0 saturated heterocycles. The van der Waals surface area contributed by atoms with Crippen molar-refractivity contribution in [3.63, 3.8) is 0 Å². The van der Waals surface area contributed by atoms with Gasteiger partial charge in [0.05, 0.1) is 0 Å². The Kier molecular flexibility index (Phi) is 7.00. The molecule has 1 aromatic heterocycles. The highest BCUT2D eigenvalue weighted by Crippen LogP contribution is 2.20. The summed E-state index contributed by atoms with van der Waals surface area (Å²) in [5.41, 5.74) is 10.9. The standard InChI is InChI=1S/C11H11IN2.C8H9IN2/c1-7-3-4-9(5-10(7)12)11-13-6-8(2)14-11;1-5-2-3-6(8(10)11)4-7(5)9/h3-6H,1-2H3,(H,13,14);2-4H,1H3,(H3,10,11). The molecule has 0 spiro atoms. The van der Waals surface area contributed by atoms with Crippen molar-refractivity contribution in [1.82, 2.24) is 9.97 Å². The van der Waals surface area contributed by atoms with E-state index in [4.69, 9.17) is 11.1 Å². The van der Waals surface area contributed by atoms with Crippen molar-refractivity contribution in [2.45, 2.75) is 20.8 Å². The molecule has 4 nitrogen and oxygen atoms in total. The van der Waals surface area contributed by atoms with Crippen LogP contribution < -0.4 is 5.73 Å². The molecule has 0 bridgehead atoms. The van der Waals surface area contributed by atoms with Gasteiger partial charge in [0.1, 0.15) is 11.7 Å². The predicted molar refractivity (Wildman–Crippen MR) is 121 cm³/mol. The zero-order chi connectivity index (χ0) is 18.6. The highest BCUT2D eigenvalue weighted by molar-refractivity contribution is 14.1. The van der Waals surface area contributed by atoms with Crippen molar-refractivity contribution < 1.29 is 0 Å². The van der Waals surface area contributed by atoms with Crippen LogP contribution in [0.1, 0.15) is 22.4 Å². The fraction of sp³-hybridized carbons (Fsp3) is 0.158. The third-order valence-corrected chi connectivity index (χ3v) is 5.96. The summed E-state index contributed by atoms with van der Waals surface area (Å²) in [6.45, 7) is 6.15. The zero-order valence-corrected chi connectivity index (χ0v) is 18.6. The summed E-state index contributed by atoms with van der Waals surface area (Å²) in [6.07, 6.45) is 1.85. The Morgan fingerprint density at radius 2 is 1.60 bits per heavy atom. The van der Waals surface area contributed by atoms with Crippen LogP contribution in [0.4, 0.5) is 0 Å². The molecule has 1 heterocycles. The molecule has 4 N–H and O–H groups in total. The first kappa shape index (κ1) is 19.9. The first-order chi connectivity index (χ1) is 11.8. The van der Waals surface area contributed by atoms with Gasteiger partial charge >= 0.3 is 0 Å². The number of aromatic nitrogens is 2. The number of nitrogens with one attached hydrogen (secondary N) is 2. The van der Waals surface area contributed by atoms with E-state index >= 15 is 0 Å². The number of imidazole rings is 1. The largest absolute Gasteiger partial charge is 0.384 e. The highest BCUT2D eigenvalue weighted by Gasteiger charge is 2.03. The Hall–Kier alpha value is -1.42. The smallest absolute Gasteiger partial charge is 0.137 e. The van der Waals surface area contributed by atoms with Gasteiger partial charge in [0.15, 0.2) is 0 Å². The van der Waals surface area contributed by atoms with Crippen LogP contribution in [0.2, 0.25) is 0 Å². The van der Waals surface area contributed by atoms with Gasteiger partial charge in [-0.1, -0.05) is 24.3 Å². The van der Waals surface area contributed by atoms with Gasteiger partial charge in [0.2, 0.25) is 0 Å². The molecule has 0 aliphatic carbocycles. The van der Waals surface area contributed by atoms with Gasteiger partial charge in [-0.15, -0.1) is 0 Å². The van der Waals surface area contributed by atoms with E-state index in [1.807, 2.05) is 38.2 Å². The van der Waals surface area contributed by atoms with Gasteiger partial charge in [-0.2, -0.15) is 0 Å². The molecule has 0 radical (unpaired) electrons. The van der Waals surface area contributed by atoms with Gasteiger partial charge in [-0.05, 0) is 89.2 Å². The van der Waals surface area contributed by atoms with E-state index in [2.05, 4.69) is 80.3 Å². The second kappa shape index (κ2) is 8.79. The summed E-state index contributed by atoms with van der Waals surface area (Å²) in [7, 11) is 0. The summed E-state index contributed by atoms with van der Waals surface area (Å²) in [4.78, 5) is 7.52. The third-order valence-electron chi connectivity index (χ3n) is 3.63. The van der Waals surface area contributed by atoms with E-state index in [0.29, 0.717) is 0 Å². The minimum atomic E-state index is 0.128. The van der Waals surface area contributed by atoms with Crippen LogP contribution in [0.15, 0.2) is 42.6 Å². The van der Waals surface area contributed by atoms with E-state index < -0.39 is 0 Å². The number of nitrogens with zero attached hydrogens (tertiary/aromatic N) is 1. The summed E-state index contributed by atoms with van der Waals surface area (Å²) < 4.78 is 2.42. The molecule has 0 fully saturated rings. The number of rotatable bonds is 2. The molecule has 0 amide bonds. The normalized spacial score (nSPS) is 10.1. The van der Waals surface area contributed by atoms with Gasteiger partial charge in [0, 0.05) is 30.2 Å². The van der Waals surface area contributed by atoms with E-state index in [9.17, 15) is 0 Å². The monoisotopic (exact) mass is 558 g/mol. The number of aromatic amines is 1. The van der Waals surface area contributed by atoms with Crippen LogP contribution in [-0.2, 0) is 0 Å². The number of nitrogen functional groups attached to an aromatic ring is 1. The molecule has 25 heavy (non-hydrogen) atoms. The van der Waals surface area contributed by atoms with E-state index in [1.165, 1.54) is 14.7 Å². The minimum Gasteiger partial charge on any atom is -0.384 e. The molecule has 0 unspecified atom stereocenters. The predicted octanol–water partition coefficient (Wildman–Crippen LogP) is 5.18. The van der Waals surface area contributed by atoms with Gasteiger partial charge in [-0.3, -0.25) is 5.41 Å². The van der Waals surface area contributed by atoms with Crippen LogP contribution >= 0.6 is 45.2 Å². The number of hydrogen-bond acceptors (Lipinski definition) is 2. The van der Waals surface area contributed by atoms with Crippen molar-refractivity contribution in [3.05, 3.63) is 72.1 Å². The maximum atomic E-state index is 7.18. The fourth-order valence-electron chi connectivity index (χ4n) is 2.06. The molecule has 3 rings (SSSR count). The zero-order valence-electron chi connectivity index (χ0n) is 14.3. The molecule has 0 aliphatic rings. The van der Waals surface area contributed by atoms with Crippen LogP contribution in [-0.4, -0.2) is 15.8 Å². The summed E-state index contributed by atoms with van der Waals surface area (Å²) >= 11 is 4.57. The number of nitrogens with two attached hydrogens (primary N) is 1. The van der Waals surface area contributed by atoms with Gasteiger partial charge in [0.25, 0.3) is 0 Å². The van der Waals surface area contributed by atoms with Crippen molar-refractivity contribution in [2.75, 3.05) is 0 Å². The first-order valence-electron chi connectivity index (χ1n) is 7.66. The molecule has 2 aromatic carbocycles. The molecule has 0 aliphatic heterocycles. The maximum Gasteiger partial charge on any atom is 0.137 e. The molecule has 0 saturated carbocycles. The van der Waals surface area contributed by atoms with Gasteiger partial charge in [-0.25, -0.2) is 4.98 Å². The van der Waals surface area contributed by atoms with Crippen molar-refractivity contribution in [1.29, 1.82) is 5.41 Å². The molecule has 130 valence electrons. The first-order valence-corrected chi connectivity index (χ1v) is 9.82. The molecule has 3 aromatic rings. The van der Waals surface area contributed by atoms with Crippen molar-refractivity contribution in [2.24, 2.45) is 5.73 Å². The lowest BCUT2D eigenvalue weighted by atomic mass is 10.1. The number of benzene rings is 2. The third kappa shape index (κ3) is 5.53. The number of H-pyrrole nitrogens is 1. The Labute approximate surface area is 175 Å². The SMILES string of the molecule is Cc1ccc(C(=N)N)cc1I.Cc1cnc(-c2ccc(C)c(I)c2)[nH]1. The summed E-state index contributed by atoms with van der Waals surface area (Å²) in [5.74, 6) is 1.07. The van der Waals surface area contributed by atoms with E-state index in [1.54, 1.807) is 0 Å². The minimum absolute atomic E-state index is 0.128. The Morgan fingerprint density at radius 3 is 2.08 bits per heavy atom. The summed E-state index contributed by atoms with van der Waals surface area (Å²) in [6, 6.07) is 12.1. The maximum absolute atomic E-state index is 7.18. The fourth-order valence-corrected chi connectivity index (χ4v) is 3.09. The van der Waals surface area contributed by atoms with Crippen LogP contribution in [0.3, 0.4) is 0 Å². The number of aryl methyl sites for hydroxylation is 3. The lowest BCUT2D eigenvalue weighted by Crippen LogP contribution is -2.11. The van der Waals surface area contributed by atoms with Crippen molar-refractivity contribution in [3.8, 4) is 11.4 Å². The topological polar surface area (TPSA) is 78.6 Å². The van der Waals surface area contributed by atoms with Crippen LogP contribution in [0.5, 0.6) is 0 Å². The second-order valence-electron chi connectivity index (χ2n) is 5.76. The average Bonchev–Trinajstić information content (AvgIpc) is 2.99. The van der Waals surface area contributed by atoms with Crippen LogP contribution in [0, 0.1) is 33.3 Å². The second-order valence-corrected chi connectivity index (χ2v) is 8.08. The summed E-state index contributed by atoms with van der Waals surface area (Å²) in [5, 5.41) is 7.18. The Morgan fingerprint density at radius 1 is 1.00 bits per heavy atom. The average molecular weight is 558 g/mol. The molecular weight excluding hydrogens is 538 g/mol. The number of hydrogen-bond donors (Lipinski definition) is 3. The van der Waals surface area contributed by atoms with E-state index in [0.717, 1.165) is 26.2 Å². The lowest BCUT2D eigenvalue weighted by Gasteiger charge is -2.00. The highest BCUT2D eigenvalue weighted by atomic mass is 127.